The maximum Gasteiger partial charge on any atom is 0.410 e. The van der Waals surface area contributed by atoms with Crippen LogP contribution in [-0.2, 0) is 19.1 Å². The summed E-state index contributed by atoms with van der Waals surface area (Å²) in [6.07, 6.45) is -0.879. The van der Waals surface area contributed by atoms with E-state index in [0.717, 1.165) is 0 Å². The first-order valence-electron chi connectivity index (χ1n) is 6.35. The molecular formula is C13H23NO6. The number of rotatable bonds is 6. The summed E-state index contributed by atoms with van der Waals surface area (Å²) in [5, 5.41) is 8.80. The van der Waals surface area contributed by atoms with Crippen molar-refractivity contribution >= 4 is 18.0 Å². The van der Waals surface area contributed by atoms with E-state index >= 15 is 0 Å². The third kappa shape index (κ3) is 7.60. The highest BCUT2D eigenvalue weighted by Gasteiger charge is 2.27. The molecule has 0 rings (SSSR count). The van der Waals surface area contributed by atoms with Crippen molar-refractivity contribution in [2.45, 2.75) is 52.2 Å². The van der Waals surface area contributed by atoms with Gasteiger partial charge in [-0.25, -0.2) is 4.79 Å². The molecule has 0 saturated carbocycles. The number of methoxy groups -OCH3 is 1. The van der Waals surface area contributed by atoms with Crippen LogP contribution in [0.5, 0.6) is 0 Å². The monoisotopic (exact) mass is 289 g/mol. The average Bonchev–Trinajstić information content (AvgIpc) is 2.25. The number of aliphatic carboxylic acids is 1. The summed E-state index contributed by atoms with van der Waals surface area (Å²) in [5.74, 6) is -1.50. The lowest BCUT2D eigenvalue weighted by Crippen LogP contribution is -2.44. The lowest BCUT2D eigenvalue weighted by atomic mass is 10.2. The molecule has 0 aliphatic heterocycles. The van der Waals surface area contributed by atoms with Crippen molar-refractivity contribution in [3.63, 3.8) is 0 Å². The van der Waals surface area contributed by atoms with Crippen LogP contribution in [0.25, 0.3) is 0 Å². The van der Waals surface area contributed by atoms with Crippen molar-refractivity contribution in [2.75, 3.05) is 13.7 Å². The van der Waals surface area contributed by atoms with Crippen molar-refractivity contribution in [2.24, 2.45) is 0 Å². The predicted octanol–water partition coefficient (Wildman–Crippen LogP) is 1.65. The molecule has 0 radical (unpaired) electrons. The number of nitrogens with zero attached hydrogens (tertiary/aromatic N) is 1. The Balaban J connectivity index is 4.81. The van der Waals surface area contributed by atoms with Crippen molar-refractivity contribution in [1.82, 2.24) is 4.90 Å². The van der Waals surface area contributed by atoms with E-state index in [1.807, 2.05) is 0 Å². The summed E-state index contributed by atoms with van der Waals surface area (Å²) in [6, 6.07) is -0.577. The number of ether oxygens (including phenoxy) is 2. The van der Waals surface area contributed by atoms with E-state index < -0.39 is 29.7 Å². The maximum atomic E-state index is 12.0. The van der Waals surface area contributed by atoms with Gasteiger partial charge in [-0.3, -0.25) is 9.59 Å². The molecular weight excluding hydrogens is 266 g/mol. The summed E-state index contributed by atoms with van der Waals surface area (Å²) in [5.41, 5.74) is -0.691. The van der Waals surface area contributed by atoms with Gasteiger partial charge in [-0.2, -0.15) is 0 Å². The molecule has 0 aromatic heterocycles. The van der Waals surface area contributed by atoms with Crippen LogP contribution in [0, 0.1) is 0 Å². The minimum Gasteiger partial charge on any atom is -0.481 e. The summed E-state index contributed by atoms with van der Waals surface area (Å²) >= 11 is 0. The second-order valence-electron chi connectivity index (χ2n) is 5.45. The van der Waals surface area contributed by atoms with E-state index in [1.165, 1.54) is 12.0 Å². The van der Waals surface area contributed by atoms with Crippen molar-refractivity contribution in [3.8, 4) is 0 Å². The number of amides is 1. The molecule has 0 aliphatic carbocycles. The van der Waals surface area contributed by atoms with Gasteiger partial charge in [0.15, 0.2) is 0 Å². The zero-order valence-electron chi connectivity index (χ0n) is 12.6. The predicted molar refractivity (Wildman–Crippen MR) is 71.3 cm³/mol. The molecule has 0 spiro atoms. The summed E-state index contributed by atoms with van der Waals surface area (Å²) in [4.78, 5) is 35.2. The van der Waals surface area contributed by atoms with Crippen LogP contribution in [-0.4, -0.2) is 53.3 Å². The van der Waals surface area contributed by atoms with Gasteiger partial charge < -0.3 is 19.5 Å². The number of carboxylic acids is 1. The Hall–Kier alpha value is -1.79. The number of hydrogen-bond acceptors (Lipinski definition) is 5. The summed E-state index contributed by atoms with van der Waals surface area (Å²) in [7, 11) is 1.25. The Bertz CT molecular complexity index is 360. The first-order valence-corrected chi connectivity index (χ1v) is 6.35. The Labute approximate surface area is 118 Å². The topological polar surface area (TPSA) is 93.1 Å². The zero-order valence-corrected chi connectivity index (χ0v) is 12.6. The van der Waals surface area contributed by atoms with E-state index in [-0.39, 0.29) is 19.4 Å². The third-order valence-corrected chi connectivity index (χ3v) is 2.41. The zero-order chi connectivity index (χ0) is 15.9. The number of esters is 1. The molecule has 20 heavy (non-hydrogen) atoms. The van der Waals surface area contributed by atoms with Crippen LogP contribution < -0.4 is 0 Å². The Morgan fingerprint density at radius 1 is 1.25 bits per heavy atom. The summed E-state index contributed by atoms with van der Waals surface area (Å²) in [6.45, 7) is 6.78. The van der Waals surface area contributed by atoms with E-state index in [1.54, 1.807) is 27.7 Å². The largest absolute Gasteiger partial charge is 0.481 e. The van der Waals surface area contributed by atoms with Crippen molar-refractivity contribution in [1.29, 1.82) is 0 Å². The smallest absolute Gasteiger partial charge is 0.410 e. The minimum absolute atomic E-state index is 0.0142. The fourth-order valence-corrected chi connectivity index (χ4v) is 1.49. The minimum atomic E-state index is -1.02. The summed E-state index contributed by atoms with van der Waals surface area (Å²) < 4.78 is 9.72. The lowest BCUT2D eigenvalue weighted by molar-refractivity contribution is -0.140. The van der Waals surface area contributed by atoms with Crippen molar-refractivity contribution in [3.05, 3.63) is 0 Å². The molecule has 116 valence electrons. The molecule has 0 aromatic rings. The number of carbonyl (C=O) groups excluding carboxylic acids is 2. The second kappa shape index (κ2) is 7.72. The maximum absolute atomic E-state index is 12.0. The first kappa shape index (κ1) is 18.2. The van der Waals surface area contributed by atoms with Gasteiger partial charge in [0.05, 0.1) is 20.0 Å². The number of hydrogen-bond donors (Lipinski definition) is 1. The SMILES string of the molecule is COC(=O)CCN(C(=O)OC(C)(C)C)C(C)CC(=O)O. The quantitative estimate of drug-likeness (QED) is 0.747. The normalized spacial score (nSPS) is 12.4. The van der Waals surface area contributed by atoms with E-state index in [9.17, 15) is 14.4 Å². The van der Waals surface area contributed by atoms with Crippen LogP contribution >= 0.6 is 0 Å². The molecule has 0 fully saturated rings. The fourth-order valence-electron chi connectivity index (χ4n) is 1.49. The number of carbonyl (C=O) groups is 3. The Kier molecular flexibility index (Phi) is 7.02. The number of carboxylic acid groups (broad SMARTS) is 1. The van der Waals surface area contributed by atoms with Crippen LogP contribution in [0.15, 0.2) is 0 Å². The molecule has 1 atom stereocenters. The molecule has 1 N–H and O–H groups in total. The first-order chi connectivity index (χ1) is 9.06. The third-order valence-electron chi connectivity index (χ3n) is 2.41. The fraction of sp³-hybridized carbons (Fsp3) is 0.769. The van der Waals surface area contributed by atoms with Gasteiger partial charge in [0.25, 0.3) is 0 Å². The van der Waals surface area contributed by atoms with Crippen LogP contribution in [0.4, 0.5) is 4.79 Å². The highest BCUT2D eigenvalue weighted by molar-refractivity contribution is 5.73. The van der Waals surface area contributed by atoms with Crippen LogP contribution in [0.3, 0.4) is 0 Å². The van der Waals surface area contributed by atoms with Crippen LogP contribution in [0.2, 0.25) is 0 Å². The molecule has 0 aliphatic rings. The molecule has 0 saturated heterocycles. The molecule has 0 aromatic carbocycles. The Morgan fingerprint density at radius 3 is 2.20 bits per heavy atom. The second-order valence-corrected chi connectivity index (χ2v) is 5.45. The van der Waals surface area contributed by atoms with Gasteiger partial charge in [0.1, 0.15) is 5.60 Å². The molecule has 7 nitrogen and oxygen atoms in total. The van der Waals surface area contributed by atoms with Gasteiger partial charge in [-0.1, -0.05) is 0 Å². The van der Waals surface area contributed by atoms with Gasteiger partial charge in [0.2, 0.25) is 0 Å². The molecule has 7 heteroatoms. The van der Waals surface area contributed by atoms with Gasteiger partial charge in [0, 0.05) is 12.6 Å². The lowest BCUT2D eigenvalue weighted by Gasteiger charge is -2.30. The standard InChI is InChI=1S/C13H23NO6/c1-9(8-10(15)16)14(7-6-11(17)19-5)12(18)20-13(2,3)4/h9H,6-8H2,1-5H3,(H,15,16). The van der Waals surface area contributed by atoms with Gasteiger partial charge in [-0.15, -0.1) is 0 Å². The van der Waals surface area contributed by atoms with Gasteiger partial charge in [-0.05, 0) is 27.7 Å². The van der Waals surface area contributed by atoms with Gasteiger partial charge >= 0.3 is 18.0 Å². The van der Waals surface area contributed by atoms with Crippen molar-refractivity contribution < 1.29 is 29.0 Å². The average molecular weight is 289 g/mol. The van der Waals surface area contributed by atoms with Crippen LogP contribution in [0.1, 0.15) is 40.5 Å². The molecule has 0 bridgehead atoms. The van der Waals surface area contributed by atoms with E-state index in [0.29, 0.717) is 0 Å². The Morgan fingerprint density at radius 2 is 1.80 bits per heavy atom. The molecule has 1 amide bonds. The van der Waals surface area contributed by atoms with E-state index in [4.69, 9.17) is 9.84 Å². The highest BCUT2D eigenvalue weighted by Crippen LogP contribution is 2.14. The molecule has 0 heterocycles. The molecule has 1 unspecified atom stereocenters. The highest BCUT2D eigenvalue weighted by atomic mass is 16.6. The van der Waals surface area contributed by atoms with E-state index in [2.05, 4.69) is 4.74 Å².